The first-order chi connectivity index (χ1) is 10.1. The average Bonchev–Trinajstić information content (AvgIpc) is 2.83. The lowest BCUT2D eigenvalue weighted by molar-refractivity contribution is 0.0978. The van der Waals surface area contributed by atoms with Gasteiger partial charge in [0.15, 0.2) is 0 Å². The van der Waals surface area contributed by atoms with Crippen LogP contribution < -0.4 is 4.90 Å². The van der Waals surface area contributed by atoms with Crippen LogP contribution in [0.4, 0.5) is 10.1 Å². The van der Waals surface area contributed by atoms with Gasteiger partial charge in [0, 0.05) is 23.8 Å². The van der Waals surface area contributed by atoms with Crippen LogP contribution in [0.2, 0.25) is 0 Å². The monoisotopic (exact) mass is 352 g/mol. The number of carbonyl (C=O) groups excluding carboxylic acids is 1. The van der Waals surface area contributed by atoms with Crippen molar-refractivity contribution in [1.29, 1.82) is 0 Å². The van der Waals surface area contributed by atoms with Gasteiger partial charge in [0.2, 0.25) is 0 Å². The topological polar surface area (TPSA) is 25.2 Å². The number of aromatic nitrogens is 1. The fourth-order valence-corrected chi connectivity index (χ4v) is 2.78. The first kappa shape index (κ1) is 15.8. The Kier molecular flexibility index (Phi) is 5.17. The number of benzene rings is 1. The maximum atomic E-state index is 13.9. The molecule has 1 heterocycles. The number of hydrogen-bond donors (Lipinski definition) is 0. The molecule has 0 N–H and O–H groups in total. The molecule has 0 saturated carbocycles. The van der Waals surface area contributed by atoms with E-state index in [0.717, 1.165) is 17.4 Å². The van der Waals surface area contributed by atoms with Crippen molar-refractivity contribution in [1.82, 2.24) is 4.57 Å². The number of nitrogens with zero attached hydrogens (tertiary/aromatic N) is 2. The Balaban J connectivity index is 2.39. The molecule has 0 aliphatic carbocycles. The van der Waals surface area contributed by atoms with Gasteiger partial charge in [-0.05, 0) is 47.5 Å². The van der Waals surface area contributed by atoms with E-state index in [-0.39, 0.29) is 11.7 Å². The van der Waals surface area contributed by atoms with E-state index in [1.165, 1.54) is 11.0 Å². The third-order valence-corrected chi connectivity index (χ3v) is 3.69. The highest BCUT2D eigenvalue weighted by Crippen LogP contribution is 2.23. The summed E-state index contributed by atoms with van der Waals surface area (Å²) in [6.07, 6.45) is 2.80. The van der Waals surface area contributed by atoms with Gasteiger partial charge in [0.05, 0.1) is 5.69 Å². The summed E-state index contributed by atoms with van der Waals surface area (Å²) in [7, 11) is 0. The third kappa shape index (κ3) is 3.35. The molecule has 0 unspecified atom stereocenters. The molecule has 5 heteroatoms. The van der Waals surface area contributed by atoms with Crippen molar-refractivity contribution >= 4 is 27.5 Å². The normalized spacial score (nSPS) is 10.7. The Bertz CT molecular complexity index is 639. The Morgan fingerprint density at radius 2 is 2.05 bits per heavy atom. The molecule has 0 spiro atoms. The molecule has 2 aromatic rings. The fourth-order valence-electron chi connectivity index (χ4n) is 2.31. The molecule has 0 bridgehead atoms. The van der Waals surface area contributed by atoms with Gasteiger partial charge in [-0.3, -0.25) is 4.79 Å². The van der Waals surface area contributed by atoms with E-state index in [4.69, 9.17) is 0 Å². The Labute approximate surface area is 132 Å². The molecule has 0 saturated heterocycles. The number of amides is 1. The lowest BCUT2D eigenvalue weighted by Gasteiger charge is -2.22. The van der Waals surface area contributed by atoms with Gasteiger partial charge in [-0.1, -0.05) is 19.1 Å². The van der Waals surface area contributed by atoms with Crippen LogP contribution in [0.15, 0.2) is 41.0 Å². The average molecular weight is 353 g/mol. The third-order valence-electron chi connectivity index (χ3n) is 3.25. The summed E-state index contributed by atoms with van der Waals surface area (Å²) in [6.45, 7) is 5.05. The van der Waals surface area contributed by atoms with E-state index in [1.54, 1.807) is 24.3 Å². The highest BCUT2D eigenvalue weighted by atomic mass is 79.9. The van der Waals surface area contributed by atoms with Crippen LogP contribution in [0.1, 0.15) is 30.8 Å². The van der Waals surface area contributed by atoms with Crippen molar-refractivity contribution in [3.05, 3.63) is 52.5 Å². The summed E-state index contributed by atoms with van der Waals surface area (Å²) in [5, 5.41) is 0. The van der Waals surface area contributed by atoms with Crippen LogP contribution in [0, 0.1) is 5.82 Å². The second-order valence-corrected chi connectivity index (χ2v) is 5.65. The first-order valence-electron chi connectivity index (χ1n) is 7.00. The zero-order chi connectivity index (χ0) is 15.4. The van der Waals surface area contributed by atoms with E-state index in [2.05, 4.69) is 22.9 Å². The lowest BCUT2D eigenvalue weighted by Crippen LogP contribution is -2.33. The SMILES string of the molecule is CCCn1cc(Br)cc1C(=O)N(CC)c1ccccc1F. The fraction of sp³-hybridized carbons (Fsp3) is 0.312. The number of halogens is 2. The molecule has 0 atom stereocenters. The zero-order valence-corrected chi connectivity index (χ0v) is 13.7. The lowest BCUT2D eigenvalue weighted by atomic mass is 10.2. The molecule has 0 fully saturated rings. The summed E-state index contributed by atoms with van der Waals surface area (Å²) in [5.41, 5.74) is 0.874. The minimum absolute atomic E-state index is 0.193. The second kappa shape index (κ2) is 6.89. The number of anilines is 1. The smallest absolute Gasteiger partial charge is 0.275 e. The van der Waals surface area contributed by atoms with Crippen molar-refractivity contribution in [2.75, 3.05) is 11.4 Å². The van der Waals surface area contributed by atoms with Gasteiger partial charge >= 0.3 is 0 Å². The predicted octanol–water partition coefficient (Wildman–Crippen LogP) is 4.47. The van der Waals surface area contributed by atoms with Gasteiger partial charge < -0.3 is 9.47 Å². The molecule has 1 aromatic heterocycles. The van der Waals surface area contributed by atoms with Gasteiger partial charge in [-0.25, -0.2) is 4.39 Å². The van der Waals surface area contributed by atoms with Gasteiger partial charge in [-0.15, -0.1) is 0 Å². The maximum Gasteiger partial charge on any atom is 0.275 e. The van der Waals surface area contributed by atoms with E-state index >= 15 is 0 Å². The second-order valence-electron chi connectivity index (χ2n) is 4.74. The van der Waals surface area contributed by atoms with E-state index < -0.39 is 0 Å². The van der Waals surface area contributed by atoms with Gasteiger partial charge in [-0.2, -0.15) is 0 Å². The predicted molar refractivity (Wildman–Crippen MR) is 86.2 cm³/mol. The van der Waals surface area contributed by atoms with E-state index in [1.807, 2.05) is 17.7 Å². The van der Waals surface area contributed by atoms with Crippen LogP contribution in [-0.2, 0) is 6.54 Å². The van der Waals surface area contributed by atoms with E-state index in [9.17, 15) is 9.18 Å². The molecule has 1 amide bonds. The first-order valence-corrected chi connectivity index (χ1v) is 7.79. The number of aryl methyl sites for hydroxylation is 1. The van der Waals surface area contributed by atoms with Crippen molar-refractivity contribution in [2.45, 2.75) is 26.8 Å². The number of carbonyl (C=O) groups is 1. The molecule has 0 aliphatic rings. The summed E-state index contributed by atoms with van der Waals surface area (Å²) in [4.78, 5) is 14.2. The molecule has 21 heavy (non-hydrogen) atoms. The molecular weight excluding hydrogens is 335 g/mol. The Morgan fingerprint density at radius 3 is 2.67 bits per heavy atom. The molecule has 112 valence electrons. The molecular formula is C16H18BrFN2O. The van der Waals surface area contributed by atoms with Crippen molar-refractivity contribution in [3.8, 4) is 0 Å². The highest BCUT2D eigenvalue weighted by Gasteiger charge is 2.22. The molecule has 3 nitrogen and oxygen atoms in total. The van der Waals surface area contributed by atoms with Crippen LogP contribution >= 0.6 is 15.9 Å². The largest absolute Gasteiger partial charge is 0.342 e. The number of hydrogen-bond acceptors (Lipinski definition) is 1. The van der Waals surface area contributed by atoms with Crippen LogP contribution in [-0.4, -0.2) is 17.0 Å². The molecule has 2 rings (SSSR count). The summed E-state index contributed by atoms with van der Waals surface area (Å²) >= 11 is 3.40. The quantitative estimate of drug-likeness (QED) is 0.779. The summed E-state index contributed by atoms with van der Waals surface area (Å²) < 4.78 is 16.7. The highest BCUT2D eigenvalue weighted by molar-refractivity contribution is 9.10. The number of para-hydroxylation sites is 1. The van der Waals surface area contributed by atoms with E-state index in [0.29, 0.717) is 17.9 Å². The van der Waals surface area contributed by atoms with Gasteiger partial charge in [0.25, 0.3) is 5.91 Å². The van der Waals surface area contributed by atoms with Crippen molar-refractivity contribution in [3.63, 3.8) is 0 Å². The zero-order valence-electron chi connectivity index (χ0n) is 12.1. The van der Waals surface area contributed by atoms with Crippen LogP contribution in [0.3, 0.4) is 0 Å². The van der Waals surface area contributed by atoms with Crippen LogP contribution in [0.5, 0.6) is 0 Å². The summed E-state index contributed by atoms with van der Waals surface area (Å²) in [5.74, 6) is -0.581. The standard InChI is InChI=1S/C16H18BrFN2O/c1-3-9-19-11-12(17)10-15(19)16(21)20(4-2)14-8-6-5-7-13(14)18/h5-8,10-11H,3-4,9H2,1-2H3. The molecule has 0 aliphatic heterocycles. The molecule has 1 aromatic carbocycles. The van der Waals surface area contributed by atoms with Gasteiger partial charge in [0.1, 0.15) is 11.5 Å². The minimum atomic E-state index is -0.389. The van der Waals surface area contributed by atoms with Crippen molar-refractivity contribution < 1.29 is 9.18 Å². The Hall–Kier alpha value is -1.62. The Morgan fingerprint density at radius 1 is 1.33 bits per heavy atom. The summed E-state index contributed by atoms with van der Waals surface area (Å²) in [6, 6.07) is 8.12. The van der Waals surface area contributed by atoms with Crippen LogP contribution in [0.25, 0.3) is 0 Å². The number of rotatable bonds is 5. The minimum Gasteiger partial charge on any atom is -0.342 e. The molecule has 0 radical (unpaired) electrons. The maximum absolute atomic E-state index is 13.9. The van der Waals surface area contributed by atoms with Crippen molar-refractivity contribution in [2.24, 2.45) is 0 Å².